The molecular formula is C20H34N2O4. The third-order valence-corrected chi connectivity index (χ3v) is 6.09. The van der Waals surface area contributed by atoms with Crippen molar-refractivity contribution in [3.8, 4) is 0 Å². The van der Waals surface area contributed by atoms with Crippen LogP contribution in [0.15, 0.2) is 0 Å². The van der Waals surface area contributed by atoms with Crippen molar-refractivity contribution in [1.82, 2.24) is 9.80 Å². The maximum Gasteiger partial charge on any atom is 0.323 e. The molecule has 1 heterocycles. The van der Waals surface area contributed by atoms with Crippen molar-refractivity contribution in [1.29, 1.82) is 0 Å². The van der Waals surface area contributed by atoms with Crippen LogP contribution in [0.25, 0.3) is 0 Å². The molecule has 2 unspecified atom stereocenters. The lowest BCUT2D eigenvalue weighted by Gasteiger charge is -2.29. The Bertz CT molecular complexity index is 502. The Labute approximate surface area is 156 Å². The number of carbonyl (C=O) groups excluding carboxylic acids is 2. The largest absolute Gasteiger partial charge is 0.480 e. The number of nitrogens with zero attached hydrogens (tertiary/aromatic N) is 2. The molecule has 0 spiro atoms. The smallest absolute Gasteiger partial charge is 0.323 e. The van der Waals surface area contributed by atoms with Crippen molar-refractivity contribution in [3.05, 3.63) is 0 Å². The first-order valence-corrected chi connectivity index (χ1v) is 10.2. The lowest BCUT2D eigenvalue weighted by molar-refractivity contribution is -0.145. The average Bonchev–Trinajstić information content (AvgIpc) is 2.99. The van der Waals surface area contributed by atoms with E-state index in [1.165, 1.54) is 37.5 Å². The first-order chi connectivity index (χ1) is 12.4. The lowest BCUT2D eigenvalue weighted by Crippen LogP contribution is -2.43. The summed E-state index contributed by atoms with van der Waals surface area (Å²) in [4.78, 5) is 39.3. The summed E-state index contributed by atoms with van der Waals surface area (Å²) in [7, 11) is 0. The van der Waals surface area contributed by atoms with Gasteiger partial charge in [0.1, 0.15) is 6.54 Å². The van der Waals surface area contributed by atoms with Gasteiger partial charge in [0.15, 0.2) is 0 Å². The molecule has 1 N–H and O–H groups in total. The fourth-order valence-electron chi connectivity index (χ4n) is 4.60. The molecule has 0 bridgehead atoms. The number of hydrogen-bond donors (Lipinski definition) is 1. The molecule has 6 nitrogen and oxygen atoms in total. The number of rotatable bonds is 7. The van der Waals surface area contributed by atoms with E-state index in [1.807, 2.05) is 4.90 Å². The standard InChI is InChI=1S/C20H34N2O4/c1-3-17(13-16-7-4-5-8-16)20(26)21-11-6-9-18(10-12-21)22(15(2)23)14-19(24)25/h16-18H,3-14H2,1-2H3,(H,24,25). The van der Waals surface area contributed by atoms with Crippen molar-refractivity contribution in [2.75, 3.05) is 19.6 Å². The zero-order valence-corrected chi connectivity index (χ0v) is 16.3. The minimum absolute atomic E-state index is 0.0868. The molecule has 1 aliphatic heterocycles. The summed E-state index contributed by atoms with van der Waals surface area (Å²) < 4.78 is 0. The Balaban J connectivity index is 1.94. The number of amides is 2. The zero-order chi connectivity index (χ0) is 19.1. The van der Waals surface area contributed by atoms with E-state index in [2.05, 4.69) is 6.92 Å². The molecular weight excluding hydrogens is 332 g/mol. The van der Waals surface area contributed by atoms with Crippen molar-refractivity contribution >= 4 is 17.8 Å². The Morgan fingerprint density at radius 3 is 2.35 bits per heavy atom. The zero-order valence-electron chi connectivity index (χ0n) is 16.3. The summed E-state index contributed by atoms with van der Waals surface area (Å²) in [6.07, 6.45) is 9.25. The first kappa shape index (κ1) is 20.7. The lowest BCUT2D eigenvalue weighted by atomic mass is 9.90. The molecule has 6 heteroatoms. The SMILES string of the molecule is CCC(CC1CCCC1)C(=O)N1CCCC(N(CC(=O)O)C(C)=O)CC1. The number of carboxylic acid groups (broad SMARTS) is 1. The van der Waals surface area contributed by atoms with Gasteiger partial charge >= 0.3 is 5.97 Å². The monoisotopic (exact) mass is 366 g/mol. The quantitative estimate of drug-likeness (QED) is 0.751. The van der Waals surface area contributed by atoms with Crippen LogP contribution >= 0.6 is 0 Å². The predicted molar refractivity (Wildman–Crippen MR) is 99.6 cm³/mol. The minimum atomic E-state index is -0.986. The van der Waals surface area contributed by atoms with Gasteiger partial charge in [-0.05, 0) is 38.0 Å². The second-order valence-electron chi connectivity index (χ2n) is 7.94. The Morgan fingerprint density at radius 1 is 1.08 bits per heavy atom. The third-order valence-electron chi connectivity index (χ3n) is 6.09. The van der Waals surface area contributed by atoms with E-state index in [1.54, 1.807) is 0 Å². The number of carboxylic acids is 1. The Morgan fingerprint density at radius 2 is 1.77 bits per heavy atom. The van der Waals surface area contributed by atoms with Gasteiger partial charge in [-0.3, -0.25) is 14.4 Å². The fourth-order valence-corrected chi connectivity index (χ4v) is 4.60. The second kappa shape index (κ2) is 9.93. The minimum Gasteiger partial charge on any atom is -0.480 e. The third kappa shape index (κ3) is 5.71. The summed E-state index contributed by atoms with van der Waals surface area (Å²) >= 11 is 0. The van der Waals surface area contributed by atoms with Crippen molar-refractivity contribution in [2.24, 2.45) is 11.8 Å². The van der Waals surface area contributed by atoms with Crippen molar-refractivity contribution in [2.45, 2.75) is 77.7 Å². The maximum atomic E-state index is 13.0. The van der Waals surface area contributed by atoms with Gasteiger partial charge in [0, 0.05) is 32.0 Å². The molecule has 2 aliphatic rings. The van der Waals surface area contributed by atoms with Crippen LogP contribution < -0.4 is 0 Å². The highest BCUT2D eigenvalue weighted by Gasteiger charge is 2.31. The first-order valence-electron chi connectivity index (χ1n) is 10.2. The Hall–Kier alpha value is -1.59. The number of likely N-dealkylation sites (tertiary alicyclic amines) is 1. The molecule has 2 fully saturated rings. The Kier molecular flexibility index (Phi) is 7.91. The van der Waals surface area contributed by atoms with Crippen LogP contribution in [-0.4, -0.2) is 58.4 Å². The molecule has 1 aliphatic carbocycles. The van der Waals surface area contributed by atoms with Gasteiger partial charge in [-0.25, -0.2) is 0 Å². The second-order valence-corrected chi connectivity index (χ2v) is 7.94. The summed E-state index contributed by atoms with van der Waals surface area (Å²) in [5.74, 6) is -0.123. The molecule has 2 rings (SSSR count). The van der Waals surface area contributed by atoms with Gasteiger partial charge in [-0.15, -0.1) is 0 Å². The summed E-state index contributed by atoms with van der Waals surface area (Å²) in [6.45, 7) is 4.60. The molecule has 2 atom stereocenters. The molecule has 1 saturated heterocycles. The molecule has 1 saturated carbocycles. The number of aliphatic carboxylic acids is 1. The molecule has 0 aromatic heterocycles. The van der Waals surface area contributed by atoms with Crippen LogP contribution in [0.5, 0.6) is 0 Å². The highest BCUT2D eigenvalue weighted by Crippen LogP contribution is 2.32. The molecule has 148 valence electrons. The van der Waals surface area contributed by atoms with Crippen LogP contribution in [-0.2, 0) is 14.4 Å². The fraction of sp³-hybridized carbons (Fsp3) is 0.850. The van der Waals surface area contributed by atoms with Gasteiger partial charge in [0.2, 0.25) is 11.8 Å². The van der Waals surface area contributed by atoms with Gasteiger partial charge in [0.25, 0.3) is 0 Å². The van der Waals surface area contributed by atoms with E-state index in [9.17, 15) is 14.4 Å². The maximum absolute atomic E-state index is 13.0. The average molecular weight is 367 g/mol. The van der Waals surface area contributed by atoms with Gasteiger partial charge in [0.05, 0.1) is 0 Å². The van der Waals surface area contributed by atoms with E-state index in [0.717, 1.165) is 32.2 Å². The normalized spacial score (nSPS) is 22.7. The molecule has 0 aromatic carbocycles. The van der Waals surface area contributed by atoms with Crippen LogP contribution in [0, 0.1) is 11.8 Å². The van der Waals surface area contributed by atoms with Gasteiger partial charge < -0.3 is 14.9 Å². The highest BCUT2D eigenvalue weighted by molar-refractivity contribution is 5.80. The predicted octanol–water partition coefficient (Wildman–Crippen LogP) is 2.91. The molecule has 0 aromatic rings. The highest BCUT2D eigenvalue weighted by atomic mass is 16.4. The van der Waals surface area contributed by atoms with Crippen LogP contribution in [0.2, 0.25) is 0 Å². The van der Waals surface area contributed by atoms with E-state index in [-0.39, 0.29) is 30.3 Å². The topological polar surface area (TPSA) is 77.9 Å². The van der Waals surface area contributed by atoms with Crippen molar-refractivity contribution < 1.29 is 19.5 Å². The summed E-state index contributed by atoms with van der Waals surface area (Å²) in [6, 6.07) is -0.0868. The van der Waals surface area contributed by atoms with E-state index in [0.29, 0.717) is 18.9 Å². The molecule has 2 amide bonds. The van der Waals surface area contributed by atoms with E-state index < -0.39 is 5.97 Å². The number of carbonyl (C=O) groups is 3. The van der Waals surface area contributed by atoms with E-state index >= 15 is 0 Å². The van der Waals surface area contributed by atoms with Crippen LogP contribution in [0.1, 0.15) is 71.6 Å². The number of hydrogen-bond acceptors (Lipinski definition) is 3. The molecule has 0 radical (unpaired) electrons. The van der Waals surface area contributed by atoms with Crippen molar-refractivity contribution in [3.63, 3.8) is 0 Å². The van der Waals surface area contributed by atoms with Gasteiger partial charge in [-0.1, -0.05) is 32.6 Å². The van der Waals surface area contributed by atoms with E-state index in [4.69, 9.17) is 5.11 Å². The van der Waals surface area contributed by atoms with Crippen LogP contribution in [0.4, 0.5) is 0 Å². The summed E-state index contributed by atoms with van der Waals surface area (Å²) in [5.41, 5.74) is 0. The molecule has 26 heavy (non-hydrogen) atoms. The van der Waals surface area contributed by atoms with Gasteiger partial charge in [-0.2, -0.15) is 0 Å². The summed E-state index contributed by atoms with van der Waals surface area (Å²) in [5, 5.41) is 9.06. The van der Waals surface area contributed by atoms with Crippen LogP contribution in [0.3, 0.4) is 0 Å².